The van der Waals surface area contributed by atoms with Crippen LogP contribution >= 0.6 is 0 Å². The standard InChI is InChI=1S/C4H7N5O/c1-6-3(10)2-7-4(5)9-8-2/h1H3,(H,6,10)(H3,5,7,8,9). The molecule has 0 radical (unpaired) electrons. The van der Waals surface area contributed by atoms with E-state index in [9.17, 15) is 4.79 Å². The van der Waals surface area contributed by atoms with Gasteiger partial charge in [0.2, 0.25) is 11.8 Å². The molecule has 0 saturated carbocycles. The lowest BCUT2D eigenvalue weighted by atomic mass is 10.6. The van der Waals surface area contributed by atoms with Crippen LogP contribution < -0.4 is 11.1 Å². The number of anilines is 1. The van der Waals surface area contributed by atoms with Gasteiger partial charge in [0.05, 0.1) is 0 Å². The minimum absolute atomic E-state index is 0.0556. The van der Waals surface area contributed by atoms with Crippen LogP contribution in [0.5, 0.6) is 0 Å². The van der Waals surface area contributed by atoms with Crippen molar-refractivity contribution in [3.05, 3.63) is 5.82 Å². The average Bonchev–Trinajstić information content (AvgIpc) is 2.34. The van der Waals surface area contributed by atoms with E-state index < -0.39 is 0 Å². The largest absolute Gasteiger partial charge is 0.368 e. The van der Waals surface area contributed by atoms with E-state index in [0.29, 0.717) is 0 Å². The third-order valence-corrected chi connectivity index (χ3v) is 0.933. The van der Waals surface area contributed by atoms with E-state index in [1.807, 2.05) is 0 Å². The zero-order chi connectivity index (χ0) is 7.56. The first-order chi connectivity index (χ1) is 4.74. The number of aromatic amines is 1. The first-order valence-electron chi connectivity index (χ1n) is 2.64. The van der Waals surface area contributed by atoms with Gasteiger partial charge in [-0.15, -0.1) is 5.10 Å². The van der Waals surface area contributed by atoms with Crippen molar-refractivity contribution in [2.24, 2.45) is 0 Å². The maximum absolute atomic E-state index is 10.7. The Morgan fingerprint density at radius 1 is 1.80 bits per heavy atom. The van der Waals surface area contributed by atoms with Crippen molar-refractivity contribution in [1.82, 2.24) is 20.5 Å². The van der Waals surface area contributed by atoms with Crippen molar-refractivity contribution >= 4 is 11.9 Å². The van der Waals surface area contributed by atoms with Gasteiger partial charge in [-0.1, -0.05) is 0 Å². The number of nitrogens with zero attached hydrogens (tertiary/aromatic N) is 2. The van der Waals surface area contributed by atoms with E-state index in [1.54, 1.807) is 0 Å². The Morgan fingerprint density at radius 3 is 2.90 bits per heavy atom. The van der Waals surface area contributed by atoms with Crippen molar-refractivity contribution in [1.29, 1.82) is 0 Å². The number of rotatable bonds is 1. The molecule has 0 unspecified atom stereocenters. The second kappa shape index (κ2) is 2.34. The van der Waals surface area contributed by atoms with Crippen LogP contribution in [-0.2, 0) is 0 Å². The molecule has 0 aromatic carbocycles. The molecule has 54 valence electrons. The SMILES string of the molecule is CNC(=O)c1n[nH]c(N)n1. The lowest BCUT2D eigenvalue weighted by Gasteiger charge is -1.88. The van der Waals surface area contributed by atoms with Crippen LogP contribution in [0.3, 0.4) is 0 Å². The van der Waals surface area contributed by atoms with Crippen molar-refractivity contribution in [2.45, 2.75) is 0 Å². The van der Waals surface area contributed by atoms with Crippen LogP contribution in [0.2, 0.25) is 0 Å². The molecule has 1 aromatic rings. The summed E-state index contributed by atoms with van der Waals surface area (Å²) in [6.45, 7) is 0. The number of hydrogen-bond acceptors (Lipinski definition) is 4. The number of carbonyl (C=O) groups excluding carboxylic acids is 1. The van der Waals surface area contributed by atoms with Gasteiger partial charge in [0, 0.05) is 7.05 Å². The van der Waals surface area contributed by atoms with E-state index in [0.717, 1.165) is 0 Å². The number of nitrogens with two attached hydrogens (primary N) is 1. The number of nitrogen functional groups attached to an aromatic ring is 1. The summed E-state index contributed by atoms with van der Waals surface area (Å²) in [7, 11) is 1.49. The van der Waals surface area contributed by atoms with Crippen molar-refractivity contribution in [2.75, 3.05) is 12.8 Å². The molecule has 0 aliphatic heterocycles. The number of hydrogen-bond donors (Lipinski definition) is 3. The van der Waals surface area contributed by atoms with Gasteiger partial charge in [-0.05, 0) is 0 Å². The van der Waals surface area contributed by atoms with Crippen molar-refractivity contribution in [3.8, 4) is 0 Å². The summed E-state index contributed by atoms with van der Waals surface area (Å²) in [6, 6.07) is 0. The fourth-order valence-electron chi connectivity index (χ4n) is 0.488. The highest BCUT2D eigenvalue weighted by Crippen LogP contribution is 1.90. The zero-order valence-electron chi connectivity index (χ0n) is 5.38. The minimum atomic E-state index is -0.354. The molecule has 1 heterocycles. The van der Waals surface area contributed by atoms with E-state index in [4.69, 9.17) is 5.73 Å². The molecule has 1 amide bonds. The maximum Gasteiger partial charge on any atom is 0.290 e. The van der Waals surface area contributed by atoms with Gasteiger partial charge in [0.25, 0.3) is 5.91 Å². The fraction of sp³-hybridized carbons (Fsp3) is 0.250. The number of carbonyl (C=O) groups is 1. The monoisotopic (exact) mass is 141 g/mol. The summed E-state index contributed by atoms with van der Waals surface area (Å²) < 4.78 is 0. The Hall–Kier alpha value is -1.59. The van der Waals surface area contributed by atoms with Crippen molar-refractivity contribution < 1.29 is 4.79 Å². The predicted molar refractivity (Wildman–Crippen MR) is 34.2 cm³/mol. The molecule has 0 aliphatic carbocycles. The zero-order valence-corrected chi connectivity index (χ0v) is 5.38. The molecule has 1 rings (SSSR count). The number of nitrogens with one attached hydrogen (secondary N) is 2. The van der Waals surface area contributed by atoms with Crippen LogP contribution in [0.15, 0.2) is 0 Å². The second-order valence-electron chi connectivity index (χ2n) is 1.62. The predicted octanol–water partition coefficient (Wildman–Crippen LogP) is -1.25. The van der Waals surface area contributed by atoms with Gasteiger partial charge in [-0.3, -0.25) is 4.79 Å². The minimum Gasteiger partial charge on any atom is -0.368 e. The molecule has 0 fully saturated rings. The summed E-state index contributed by atoms with van der Waals surface area (Å²) in [4.78, 5) is 14.3. The first kappa shape index (κ1) is 6.53. The fourth-order valence-corrected chi connectivity index (χ4v) is 0.488. The lowest BCUT2D eigenvalue weighted by molar-refractivity contribution is 0.0953. The first-order valence-corrected chi connectivity index (χ1v) is 2.64. The van der Waals surface area contributed by atoms with Crippen LogP contribution in [0.4, 0.5) is 5.95 Å². The molecule has 6 heteroatoms. The molecule has 0 saturated heterocycles. The molecule has 4 N–H and O–H groups in total. The van der Waals surface area contributed by atoms with Gasteiger partial charge in [0.15, 0.2) is 0 Å². The molecular formula is C4H7N5O. The molecular weight excluding hydrogens is 134 g/mol. The molecule has 10 heavy (non-hydrogen) atoms. The normalized spacial score (nSPS) is 9.30. The third-order valence-electron chi connectivity index (χ3n) is 0.933. The van der Waals surface area contributed by atoms with Gasteiger partial charge < -0.3 is 11.1 Å². The Morgan fingerprint density at radius 2 is 2.50 bits per heavy atom. The van der Waals surface area contributed by atoms with E-state index >= 15 is 0 Å². The maximum atomic E-state index is 10.7. The average molecular weight is 141 g/mol. The number of amides is 1. The summed E-state index contributed by atoms with van der Waals surface area (Å²) in [5.74, 6) is -0.161. The molecule has 6 nitrogen and oxygen atoms in total. The summed E-state index contributed by atoms with van der Waals surface area (Å²) >= 11 is 0. The molecule has 0 atom stereocenters. The highest BCUT2D eigenvalue weighted by atomic mass is 16.2. The Labute approximate surface area is 56.8 Å². The van der Waals surface area contributed by atoms with Crippen LogP contribution in [0, 0.1) is 0 Å². The molecule has 0 aliphatic rings. The number of H-pyrrole nitrogens is 1. The smallest absolute Gasteiger partial charge is 0.290 e. The highest BCUT2D eigenvalue weighted by molar-refractivity contribution is 5.90. The summed E-state index contributed by atoms with van der Waals surface area (Å²) in [5.41, 5.74) is 5.16. The van der Waals surface area contributed by atoms with E-state index in [1.165, 1.54) is 7.05 Å². The van der Waals surface area contributed by atoms with Crippen molar-refractivity contribution in [3.63, 3.8) is 0 Å². The molecule has 0 spiro atoms. The Kier molecular flexibility index (Phi) is 1.53. The van der Waals surface area contributed by atoms with Gasteiger partial charge in [-0.25, -0.2) is 5.10 Å². The van der Waals surface area contributed by atoms with E-state index in [2.05, 4.69) is 20.5 Å². The molecule has 0 bridgehead atoms. The van der Waals surface area contributed by atoms with E-state index in [-0.39, 0.29) is 17.7 Å². The van der Waals surface area contributed by atoms with Crippen LogP contribution in [0.25, 0.3) is 0 Å². The third kappa shape index (κ3) is 1.04. The lowest BCUT2D eigenvalue weighted by Crippen LogP contribution is -2.19. The van der Waals surface area contributed by atoms with Gasteiger partial charge in [0.1, 0.15) is 0 Å². The second-order valence-corrected chi connectivity index (χ2v) is 1.62. The highest BCUT2D eigenvalue weighted by Gasteiger charge is 2.07. The summed E-state index contributed by atoms with van der Waals surface area (Å²) in [5, 5.41) is 8.21. The number of aromatic nitrogens is 3. The van der Waals surface area contributed by atoms with Gasteiger partial charge >= 0.3 is 0 Å². The quantitative estimate of drug-likeness (QED) is 0.455. The summed E-state index contributed by atoms with van der Waals surface area (Å²) in [6.07, 6.45) is 0. The van der Waals surface area contributed by atoms with Crippen LogP contribution in [0.1, 0.15) is 10.6 Å². The van der Waals surface area contributed by atoms with Gasteiger partial charge in [-0.2, -0.15) is 4.98 Å². The van der Waals surface area contributed by atoms with Crippen LogP contribution in [-0.4, -0.2) is 28.1 Å². The topological polar surface area (TPSA) is 96.7 Å². The molecule has 1 aromatic heterocycles. The Bertz CT molecular complexity index is 242. The Balaban J connectivity index is 2.85.